The number of nitrogens with zero attached hydrogens (tertiary/aromatic N) is 1. The molecular formula is C15H17N3O4. The Morgan fingerprint density at radius 3 is 2.55 bits per heavy atom. The number of pyridine rings is 1. The summed E-state index contributed by atoms with van der Waals surface area (Å²) in [7, 11) is 3.09. The fourth-order valence-corrected chi connectivity index (χ4v) is 2.12. The lowest BCUT2D eigenvalue weighted by Gasteiger charge is -2.16. The summed E-state index contributed by atoms with van der Waals surface area (Å²) >= 11 is 0. The average molecular weight is 303 g/mol. The molecule has 0 aliphatic heterocycles. The summed E-state index contributed by atoms with van der Waals surface area (Å²) in [4.78, 5) is 23.6. The van der Waals surface area contributed by atoms with Crippen LogP contribution in [0.15, 0.2) is 35.3 Å². The quantitative estimate of drug-likeness (QED) is 0.494. The molecule has 3 N–H and O–H groups in total. The molecule has 116 valence electrons. The minimum atomic E-state index is -0.647. The first kappa shape index (κ1) is 15.6. The fraction of sp³-hybridized carbons (Fsp3) is 0.200. The zero-order valence-corrected chi connectivity index (χ0v) is 12.5. The molecule has 2 rings (SSSR count). The molecule has 0 unspecified atom stereocenters. The van der Waals surface area contributed by atoms with Gasteiger partial charge in [0.1, 0.15) is 17.1 Å². The molecule has 0 fully saturated rings. The van der Waals surface area contributed by atoms with Crippen LogP contribution >= 0.6 is 0 Å². The van der Waals surface area contributed by atoms with Gasteiger partial charge in [0.15, 0.2) is 5.43 Å². The van der Waals surface area contributed by atoms with Crippen LogP contribution in [-0.2, 0) is 0 Å². The number of ether oxygens (including phenoxy) is 2. The molecule has 0 saturated heterocycles. The van der Waals surface area contributed by atoms with Gasteiger partial charge >= 0.3 is 0 Å². The van der Waals surface area contributed by atoms with Gasteiger partial charge in [0.2, 0.25) is 0 Å². The van der Waals surface area contributed by atoms with Crippen LogP contribution in [0.3, 0.4) is 0 Å². The van der Waals surface area contributed by atoms with Crippen LogP contribution in [0.1, 0.15) is 16.1 Å². The molecule has 1 aromatic carbocycles. The zero-order valence-electron chi connectivity index (χ0n) is 12.5. The van der Waals surface area contributed by atoms with Crippen molar-refractivity contribution in [1.29, 1.82) is 0 Å². The Balaban J connectivity index is 2.67. The summed E-state index contributed by atoms with van der Waals surface area (Å²) in [6, 6.07) is 6.63. The highest BCUT2D eigenvalue weighted by atomic mass is 16.5. The number of benzene rings is 1. The summed E-state index contributed by atoms with van der Waals surface area (Å²) < 4.78 is 12.2. The lowest BCUT2D eigenvalue weighted by Crippen LogP contribution is -2.34. The molecule has 7 heteroatoms. The molecule has 0 atom stereocenters. The predicted molar refractivity (Wildman–Crippen MR) is 81.5 cm³/mol. The lowest BCUT2D eigenvalue weighted by atomic mass is 10.2. The summed E-state index contributed by atoms with van der Waals surface area (Å²) in [5.74, 6) is 5.64. The maximum atomic E-state index is 11.9. The highest BCUT2D eigenvalue weighted by molar-refractivity contribution is 5.93. The Labute approximate surface area is 127 Å². The number of hydrogen-bond donors (Lipinski definition) is 2. The van der Waals surface area contributed by atoms with E-state index in [9.17, 15) is 9.59 Å². The van der Waals surface area contributed by atoms with Crippen molar-refractivity contribution in [2.45, 2.75) is 6.92 Å². The minimum absolute atomic E-state index is 0.0500. The van der Waals surface area contributed by atoms with E-state index in [0.29, 0.717) is 22.9 Å². The molecular weight excluding hydrogens is 286 g/mol. The van der Waals surface area contributed by atoms with Crippen LogP contribution < -0.4 is 26.2 Å². The van der Waals surface area contributed by atoms with Crippen LogP contribution in [-0.4, -0.2) is 24.7 Å². The molecule has 2 aromatic rings. The molecule has 0 aliphatic carbocycles. The van der Waals surface area contributed by atoms with Crippen molar-refractivity contribution >= 4 is 5.91 Å². The van der Waals surface area contributed by atoms with Crippen molar-refractivity contribution in [2.24, 2.45) is 5.84 Å². The molecule has 1 amide bonds. The Kier molecular flexibility index (Phi) is 4.47. The molecule has 0 aliphatic rings. The van der Waals surface area contributed by atoms with E-state index in [1.807, 2.05) is 5.43 Å². The molecule has 0 radical (unpaired) electrons. The van der Waals surface area contributed by atoms with E-state index in [0.717, 1.165) is 0 Å². The van der Waals surface area contributed by atoms with Gasteiger partial charge in [-0.2, -0.15) is 0 Å². The van der Waals surface area contributed by atoms with Crippen LogP contribution in [0, 0.1) is 6.92 Å². The van der Waals surface area contributed by atoms with Crippen LogP contribution in [0.5, 0.6) is 11.5 Å². The smallest absolute Gasteiger partial charge is 0.270 e. The number of amides is 1. The lowest BCUT2D eigenvalue weighted by molar-refractivity contribution is 0.0952. The predicted octanol–water partition coefficient (Wildman–Crippen LogP) is 0.767. The second kappa shape index (κ2) is 6.31. The maximum Gasteiger partial charge on any atom is 0.270 e. The number of nitrogens with two attached hydrogens (primary N) is 1. The van der Waals surface area contributed by atoms with Gasteiger partial charge in [0, 0.05) is 24.0 Å². The van der Waals surface area contributed by atoms with Gasteiger partial charge in [-0.25, -0.2) is 5.84 Å². The number of hydrogen-bond acceptors (Lipinski definition) is 5. The second-order valence-corrected chi connectivity index (χ2v) is 4.57. The van der Waals surface area contributed by atoms with Crippen LogP contribution in [0.2, 0.25) is 0 Å². The minimum Gasteiger partial charge on any atom is -0.497 e. The summed E-state index contributed by atoms with van der Waals surface area (Å²) in [5, 5.41) is 0. The van der Waals surface area contributed by atoms with E-state index in [2.05, 4.69) is 0 Å². The number of aromatic nitrogens is 1. The van der Waals surface area contributed by atoms with Gasteiger partial charge in [-0.3, -0.25) is 15.0 Å². The van der Waals surface area contributed by atoms with Crippen molar-refractivity contribution in [3.63, 3.8) is 0 Å². The van der Waals surface area contributed by atoms with E-state index < -0.39 is 11.3 Å². The molecule has 7 nitrogen and oxygen atoms in total. The Hall–Kier alpha value is -2.80. The van der Waals surface area contributed by atoms with Crippen molar-refractivity contribution in [3.8, 4) is 17.2 Å². The third-order valence-electron chi connectivity index (χ3n) is 3.27. The molecule has 0 saturated carbocycles. The Morgan fingerprint density at radius 1 is 1.23 bits per heavy atom. The molecule has 22 heavy (non-hydrogen) atoms. The highest BCUT2D eigenvalue weighted by Crippen LogP contribution is 2.28. The topological polar surface area (TPSA) is 95.6 Å². The van der Waals surface area contributed by atoms with Gasteiger partial charge in [0.05, 0.1) is 19.9 Å². The van der Waals surface area contributed by atoms with Crippen molar-refractivity contribution < 1.29 is 14.3 Å². The number of carbonyl (C=O) groups excluding carboxylic acids is 1. The third kappa shape index (κ3) is 2.79. The standard InChI is InChI=1S/C15H17N3O4/c1-9-6-13(19)11(15(20)17-16)8-18(9)12-5-4-10(21-2)7-14(12)22-3/h4-8H,16H2,1-3H3,(H,17,20). The monoisotopic (exact) mass is 303 g/mol. The number of aryl methyl sites for hydroxylation is 1. The highest BCUT2D eigenvalue weighted by Gasteiger charge is 2.14. The number of methoxy groups -OCH3 is 2. The van der Waals surface area contributed by atoms with Crippen LogP contribution in [0.25, 0.3) is 5.69 Å². The van der Waals surface area contributed by atoms with Gasteiger partial charge in [-0.15, -0.1) is 0 Å². The van der Waals surface area contributed by atoms with Gasteiger partial charge in [0.25, 0.3) is 5.91 Å². The van der Waals surface area contributed by atoms with E-state index >= 15 is 0 Å². The number of nitrogens with one attached hydrogen (secondary N) is 1. The van der Waals surface area contributed by atoms with Crippen molar-refractivity contribution in [3.05, 3.63) is 51.9 Å². The third-order valence-corrected chi connectivity index (χ3v) is 3.27. The molecule has 1 heterocycles. The maximum absolute atomic E-state index is 11.9. The second-order valence-electron chi connectivity index (χ2n) is 4.57. The van der Waals surface area contributed by atoms with Crippen molar-refractivity contribution in [2.75, 3.05) is 14.2 Å². The summed E-state index contributed by atoms with van der Waals surface area (Å²) in [6.45, 7) is 1.76. The number of nitrogen functional groups attached to an aromatic ring is 1. The van der Waals surface area contributed by atoms with E-state index in [-0.39, 0.29) is 5.56 Å². The number of rotatable bonds is 4. The molecule has 0 spiro atoms. The van der Waals surface area contributed by atoms with Crippen LogP contribution in [0.4, 0.5) is 0 Å². The van der Waals surface area contributed by atoms with E-state index in [1.54, 1.807) is 36.8 Å². The van der Waals surface area contributed by atoms with Gasteiger partial charge in [-0.1, -0.05) is 0 Å². The first-order valence-corrected chi connectivity index (χ1v) is 6.48. The Bertz CT molecular complexity index is 768. The Morgan fingerprint density at radius 2 is 1.95 bits per heavy atom. The van der Waals surface area contributed by atoms with E-state index in [1.165, 1.54) is 19.4 Å². The zero-order chi connectivity index (χ0) is 16.3. The fourth-order valence-electron chi connectivity index (χ4n) is 2.12. The largest absolute Gasteiger partial charge is 0.497 e. The average Bonchev–Trinajstić information content (AvgIpc) is 2.53. The first-order chi connectivity index (χ1) is 10.5. The number of carbonyl (C=O) groups is 1. The molecule has 0 bridgehead atoms. The first-order valence-electron chi connectivity index (χ1n) is 6.48. The normalized spacial score (nSPS) is 10.2. The van der Waals surface area contributed by atoms with Gasteiger partial charge in [-0.05, 0) is 19.1 Å². The van der Waals surface area contributed by atoms with Crippen molar-refractivity contribution in [1.82, 2.24) is 9.99 Å². The SMILES string of the molecule is COc1ccc(-n2cc(C(=O)NN)c(=O)cc2C)c(OC)c1. The van der Waals surface area contributed by atoms with E-state index in [4.69, 9.17) is 15.3 Å². The van der Waals surface area contributed by atoms with Gasteiger partial charge < -0.3 is 14.0 Å². The summed E-state index contributed by atoms with van der Waals surface area (Å²) in [6.07, 6.45) is 1.43. The summed E-state index contributed by atoms with van der Waals surface area (Å²) in [5.41, 5.74) is 2.84. The number of hydrazine groups is 1. The molecule has 1 aromatic heterocycles.